The quantitative estimate of drug-likeness (QED) is 0.749. The van der Waals surface area contributed by atoms with Crippen molar-refractivity contribution < 1.29 is 9.90 Å². The molecule has 1 aliphatic heterocycles. The first-order valence-electron chi connectivity index (χ1n) is 7.55. The summed E-state index contributed by atoms with van der Waals surface area (Å²) < 4.78 is 3.64. The summed E-state index contributed by atoms with van der Waals surface area (Å²) in [4.78, 5) is 17.6. The van der Waals surface area contributed by atoms with Gasteiger partial charge >= 0.3 is 6.09 Å². The van der Waals surface area contributed by atoms with Crippen LogP contribution in [-0.4, -0.2) is 36.9 Å². The van der Waals surface area contributed by atoms with Crippen LogP contribution in [0.1, 0.15) is 17.7 Å². The fourth-order valence-corrected chi connectivity index (χ4v) is 3.23. The second kappa shape index (κ2) is 4.84. The Hall–Kier alpha value is -2.83. The Morgan fingerprint density at radius 3 is 2.87 bits per heavy atom. The Kier molecular flexibility index (Phi) is 2.90. The molecule has 4 heterocycles. The predicted octanol–water partition coefficient (Wildman–Crippen LogP) is 2.47. The molecule has 1 aliphatic rings. The van der Waals surface area contributed by atoms with Crippen molar-refractivity contribution in [1.82, 2.24) is 19.2 Å². The van der Waals surface area contributed by atoms with Crippen molar-refractivity contribution >= 4 is 17.6 Å². The van der Waals surface area contributed by atoms with Gasteiger partial charge in [-0.25, -0.2) is 9.78 Å². The van der Waals surface area contributed by atoms with E-state index in [-0.39, 0.29) is 0 Å². The number of hydrogen-bond donors (Lipinski definition) is 1. The van der Waals surface area contributed by atoms with E-state index in [0.717, 1.165) is 40.9 Å². The Morgan fingerprint density at radius 1 is 1.35 bits per heavy atom. The first kappa shape index (κ1) is 13.8. The summed E-state index contributed by atoms with van der Waals surface area (Å²) in [7, 11) is 1.88. The number of carbonyl (C=O) groups is 1. The number of aromatic nitrogens is 4. The van der Waals surface area contributed by atoms with E-state index in [4.69, 9.17) is 0 Å². The van der Waals surface area contributed by atoms with Gasteiger partial charge in [0.1, 0.15) is 11.5 Å². The zero-order valence-corrected chi connectivity index (χ0v) is 13.0. The maximum Gasteiger partial charge on any atom is 0.413 e. The van der Waals surface area contributed by atoms with Crippen LogP contribution in [0.5, 0.6) is 0 Å². The van der Waals surface area contributed by atoms with E-state index in [1.54, 1.807) is 4.68 Å². The van der Waals surface area contributed by atoms with Crippen LogP contribution < -0.4 is 4.90 Å². The zero-order valence-electron chi connectivity index (χ0n) is 13.0. The van der Waals surface area contributed by atoms with E-state index >= 15 is 0 Å². The molecule has 7 nitrogen and oxygen atoms in total. The van der Waals surface area contributed by atoms with Gasteiger partial charge in [0, 0.05) is 37.1 Å². The first-order chi connectivity index (χ1) is 11.0. The van der Waals surface area contributed by atoms with Crippen molar-refractivity contribution in [2.24, 2.45) is 7.05 Å². The predicted molar refractivity (Wildman–Crippen MR) is 85.8 cm³/mol. The van der Waals surface area contributed by atoms with Gasteiger partial charge in [0.05, 0.1) is 11.9 Å². The topological polar surface area (TPSA) is 75.7 Å². The lowest BCUT2D eigenvalue weighted by atomic mass is 10.1. The molecular formula is C16H17N5O2. The molecule has 7 heteroatoms. The number of hydrogen-bond acceptors (Lipinski definition) is 3. The number of carboxylic acid groups (broad SMARTS) is 1. The lowest BCUT2D eigenvalue weighted by Gasteiger charge is -2.24. The minimum absolute atomic E-state index is 0.506. The molecule has 1 N–H and O–H groups in total. The van der Waals surface area contributed by atoms with Gasteiger partial charge in [-0.2, -0.15) is 5.10 Å². The van der Waals surface area contributed by atoms with Gasteiger partial charge in [0.25, 0.3) is 0 Å². The second-order valence-corrected chi connectivity index (χ2v) is 5.92. The van der Waals surface area contributed by atoms with Crippen molar-refractivity contribution in [1.29, 1.82) is 0 Å². The average molecular weight is 311 g/mol. The van der Waals surface area contributed by atoms with Crippen molar-refractivity contribution in [2.45, 2.75) is 19.8 Å². The Balaban J connectivity index is 1.97. The molecule has 0 aromatic carbocycles. The number of imidazole rings is 1. The molecule has 3 aromatic heterocycles. The third kappa shape index (κ3) is 2.08. The first-order valence-corrected chi connectivity index (χ1v) is 7.55. The highest BCUT2D eigenvalue weighted by atomic mass is 16.4. The van der Waals surface area contributed by atoms with E-state index in [9.17, 15) is 9.90 Å². The molecule has 0 aliphatic carbocycles. The van der Waals surface area contributed by atoms with Crippen molar-refractivity contribution in [3.05, 3.63) is 35.9 Å². The molecule has 0 spiro atoms. The van der Waals surface area contributed by atoms with Gasteiger partial charge < -0.3 is 5.11 Å². The third-order valence-corrected chi connectivity index (χ3v) is 4.31. The fourth-order valence-electron chi connectivity index (χ4n) is 3.23. The van der Waals surface area contributed by atoms with Crippen molar-refractivity contribution in [2.75, 3.05) is 11.4 Å². The molecule has 118 valence electrons. The summed E-state index contributed by atoms with van der Waals surface area (Å²) in [6.45, 7) is 2.54. The van der Waals surface area contributed by atoms with Crippen molar-refractivity contribution in [3.8, 4) is 11.1 Å². The Morgan fingerprint density at radius 2 is 2.17 bits per heavy atom. The normalized spacial score (nSPS) is 14.3. The molecule has 23 heavy (non-hydrogen) atoms. The molecule has 0 bridgehead atoms. The summed E-state index contributed by atoms with van der Waals surface area (Å²) in [6, 6.07) is 2.00. The van der Waals surface area contributed by atoms with Crippen LogP contribution >= 0.6 is 0 Å². The van der Waals surface area contributed by atoms with Crippen LogP contribution in [0.15, 0.2) is 24.7 Å². The molecule has 0 fully saturated rings. The molecular weight excluding hydrogens is 294 g/mol. The standard InChI is InChI=1S/C16H17N5O2/c1-10-6-14-18-13-4-3-5-20(16(22)23)15(13)21(14)9-12(10)11-7-17-19(2)8-11/h6-9H,3-5H2,1-2H3,(H,22,23). The zero-order chi connectivity index (χ0) is 16.1. The monoisotopic (exact) mass is 311 g/mol. The van der Waals surface area contributed by atoms with Crippen LogP contribution in [0.2, 0.25) is 0 Å². The molecule has 1 amide bonds. The van der Waals surface area contributed by atoms with E-state index < -0.39 is 6.09 Å². The Bertz CT molecular complexity index is 924. The van der Waals surface area contributed by atoms with E-state index in [0.29, 0.717) is 12.4 Å². The number of fused-ring (bicyclic) bond motifs is 3. The SMILES string of the molecule is Cc1cc2nc3c(n2cc1-c1cnn(C)c1)N(C(=O)O)CCC3. The van der Waals surface area contributed by atoms with Gasteiger partial charge in [-0.15, -0.1) is 0 Å². The molecule has 0 unspecified atom stereocenters. The second-order valence-electron chi connectivity index (χ2n) is 5.92. The van der Waals surface area contributed by atoms with Crippen molar-refractivity contribution in [3.63, 3.8) is 0 Å². The van der Waals surface area contributed by atoms with Crippen LogP contribution in [0.25, 0.3) is 16.8 Å². The largest absolute Gasteiger partial charge is 0.465 e. The average Bonchev–Trinajstić information content (AvgIpc) is 3.08. The highest BCUT2D eigenvalue weighted by molar-refractivity contribution is 5.87. The Labute approximate surface area is 132 Å². The maximum atomic E-state index is 11.6. The molecule has 0 atom stereocenters. The number of rotatable bonds is 1. The van der Waals surface area contributed by atoms with Crippen LogP contribution in [-0.2, 0) is 13.5 Å². The highest BCUT2D eigenvalue weighted by Gasteiger charge is 2.27. The number of nitrogens with zero attached hydrogens (tertiary/aromatic N) is 5. The van der Waals surface area contributed by atoms with E-state index in [1.807, 2.05) is 43.0 Å². The summed E-state index contributed by atoms with van der Waals surface area (Å²) in [5.74, 6) is 0.670. The van der Waals surface area contributed by atoms with E-state index in [1.165, 1.54) is 4.90 Å². The van der Waals surface area contributed by atoms with Crippen LogP contribution in [0.4, 0.5) is 10.6 Å². The number of pyridine rings is 1. The number of amides is 1. The molecule has 0 radical (unpaired) electrons. The van der Waals surface area contributed by atoms with Gasteiger partial charge in [-0.3, -0.25) is 14.0 Å². The minimum Gasteiger partial charge on any atom is -0.465 e. The summed E-state index contributed by atoms with van der Waals surface area (Å²) in [6.07, 6.45) is 6.41. The lowest BCUT2D eigenvalue weighted by molar-refractivity contribution is 0.201. The molecule has 3 aromatic rings. The van der Waals surface area contributed by atoms with Crippen LogP contribution in [0, 0.1) is 6.92 Å². The van der Waals surface area contributed by atoms with Gasteiger partial charge in [0.15, 0.2) is 0 Å². The fraction of sp³-hybridized carbons (Fsp3) is 0.312. The smallest absolute Gasteiger partial charge is 0.413 e. The van der Waals surface area contributed by atoms with Gasteiger partial charge in [-0.1, -0.05) is 0 Å². The van der Waals surface area contributed by atoms with E-state index in [2.05, 4.69) is 10.1 Å². The third-order valence-electron chi connectivity index (χ3n) is 4.31. The lowest BCUT2D eigenvalue weighted by Crippen LogP contribution is -2.34. The van der Waals surface area contributed by atoms with Gasteiger partial charge in [-0.05, 0) is 31.4 Å². The number of aryl methyl sites for hydroxylation is 3. The minimum atomic E-state index is -0.934. The molecule has 0 saturated heterocycles. The summed E-state index contributed by atoms with van der Waals surface area (Å²) >= 11 is 0. The number of anilines is 1. The summed E-state index contributed by atoms with van der Waals surface area (Å²) in [5, 5.41) is 13.7. The molecule has 4 rings (SSSR count). The summed E-state index contributed by atoms with van der Waals surface area (Å²) in [5.41, 5.74) is 4.76. The highest BCUT2D eigenvalue weighted by Crippen LogP contribution is 2.32. The van der Waals surface area contributed by atoms with Gasteiger partial charge in [0.2, 0.25) is 0 Å². The van der Waals surface area contributed by atoms with Crippen LogP contribution in [0.3, 0.4) is 0 Å². The molecule has 0 saturated carbocycles. The maximum absolute atomic E-state index is 11.6.